The van der Waals surface area contributed by atoms with Gasteiger partial charge in [0.25, 0.3) is 0 Å². The molecule has 0 saturated heterocycles. The summed E-state index contributed by atoms with van der Waals surface area (Å²) in [5.74, 6) is 0.788. The number of aliphatic hydroxyl groups excluding tert-OH is 1. The van der Waals surface area contributed by atoms with Crippen LogP contribution in [0.25, 0.3) is 0 Å². The van der Waals surface area contributed by atoms with Gasteiger partial charge in [0.1, 0.15) is 6.61 Å². The molecule has 0 bridgehead atoms. The van der Waals surface area contributed by atoms with Crippen molar-refractivity contribution in [2.75, 3.05) is 6.61 Å². The van der Waals surface area contributed by atoms with E-state index in [-0.39, 0.29) is 22.9 Å². The van der Waals surface area contributed by atoms with E-state index in [0.717, 1.165) is 37.7 Å². The Morgan fingerprint density at radius 3 is 2.78 bits per heavy atom. The molecular weight excluding hydrogens is 288 g/mol. The third kappa shape index (κ3) is 2.57. The number of carbonyl (C=O) groups excluding carboxylic acids is 1. The Morgan fingerprint density at radius 1 is 1.39 bits per heavy atom. The van der Waals surface area contributed by atoms with E-state index >= 15 is 0 Å². The fourth-order valence-electron chi connectivity index (χ4n) is 5.37. The SMILES string of the molecule is CC1=CCC[C@H]2[C@](C)(CCC3=CC(=O)OC3)[C@@H](C)CC(O)[C@]12C. The molecule has 23 heavy (non-hydrogen) atoms. The third-order valence-corrected chi connectivity index (χ3v) is 7.38. The predicted molar refractivity (Wildman–Crippen MR) is 90.8 cm³/mol. The molecule has 0 amide bonds. The van der Waals surface area contributed by atoms with Crippen LogP contribution in [0.5, 0.6) is 0 Å². The molecule has 128 valence electrons. The van der Waals surface area contributed by atoms with Gasteiger partial charge in [-0.15, -0.1) is 0 Å². The van der Waals surface area contributed by atoms with Crippen LogP contribution in [0.3, 0.4) is 0 Å². The Labute approximate surface area is 139 Å². The molecule has 3 aliphatic rings. The molecule has 0 spiro atoms. The fraction of sp³-hybridized carbons (Fsp3) is 0.750. The van der Waals surface area contributed by atoms with E-state index in [4.69, 9.17) is 4.74 Å². The summed E-state index contributed by atoms with van der Waals surface area (Å²) in [4.78, 5) is 11.3. The maximum Gasteiger partial charge on any atom is 0.331 e. The zero-order chi connectivity index (χ0) is 16.8. The number of aliphatic hydroxyl groups is 1. The number of hydrogen-bond donors (Lipinski definition) is 1. The summed E-state index contributed by atoms with van der Waals surface area (Å²) >= 11 is 0. The van der Waals surface area contributed by atoms with Crippen LogP contribution in [0.2, 0.25) is 0 Å². The van der Waals surface area contributed by atoms with Crippen LogP contribution in [0, 0.1) is 22.7 Å². The van der Waals surface area contributed by atoms with Crippen LogP contribution in [0.15, 0.2) is 23.3 Å². The van der Waals surface area contributed by atoms with Crippen molar-refractivity contribution in [1.29, 1.82) is 0 Å². The van der Waals surface area contributed by atoms with Crippen LogP contribution in [-0.4, -0.2) is 23.8 Å². The molecule has 1 unspecified atom stereocenters. The maximum atomic E-state index is 11.3. The average Bonchev–Trinajstić information content (AvgIpc) is 2.92. The maximum absolute atomic E-state index is 11.3. The van der Waals surface area contributed by atoms with Gasteiger partial charge in [0.05, 0.1) is 6.10 Å². The van der Waals surface area contributed by atoms with Crippen LogP contribution in [0.1, 0.15) is 59.8 Å². The van der Waals surface area contributed by atoms with Gasteiger partial charge in [0.2, 0.25) is 0 Å². The van der Waals surface area contributed by atoms with Crippen molar-refractivity contribution in [3.63, 3.8) is 0 Å². The Balaban J connectivity index is 1.85. The number of rotatable bonds is 3. The van der Waals surface area contributed by atoms with Crippen molar-refractivity contribution in [2.24, 2.45) is 22.7 Å². The number of esters is 1. The number of hydrogen-bond acceptors (Lipinski definition) is 3. The molecule has 0 aromatic heterocycles. The summed E-state index contributed by atoms with van der Waals surface area (Å²) in [6, 6.07) is 0. The smallest absolute Gasteiger partial charge is 0.331 e. The molecule has 1 saturated carbocycles. The van der Waals surface area contributed by atoms with Crippen LogP contribution < -0.4 is 0 Å². The lowest BCUT2D eigenvalue weighted by atomic mass is 9.46. The van der Waals surface area contributed by atoms with E-state index < -0.39 is 0 Å². The lowest BCUT2D eigenvalue weighted by molar-refractivity contribution is -0.135. The fourth-order valence-corrected chi connectivity index (χ4v) is 5.37. The van der Waals surface area contributed by atoms with Crippen molar-refractivity contribution in [2.45, 2.75) is 65.9 Å². The summed E-state index contributed by atoms with van der Waals surface area (Å²) in [5, 5.41) is 10.8. The number of carbonyl (C=O) groups is 1. The second-order valence-corrected chi connectivity index (χ2v) is 8.37. The summed E-state index contributed by atoms with van der Waals surface area (Å²) in [5.41, 5.74) is 2.57. The van der Waals surface area contributed by atoms with Crippen molar-refractivity contribution in [3.05, 3.63) is 23.3 Å². The molecule has 3 heteroatoms. The van der Waals surface area contributed by atoms with Gasteiger partial charge in [-0.3, -0.25) is 0 Å². The van der Waals surface area contributed by atoms with Crippen molar-refractivity contribution in [3.8, 4) is 0 Å². The van der Waals surface area contributed by atoms with Gasteiger partial charge in [-0.05, 0) is 61.9 Å². The Bertz CT molecular complexity index is 561. The lowest BCUT2D eigenvalue weighted by Crippen LogP contribution is -2.56. The first kappa shape index (κ1) is 16.8. The highest BCUT2D eigenvalue weighted by molar-refractivity contribution is 5.85. The summed E-state index contributed by atoms with van der Waals surface area (Å²) in [6.45, 7) is 9.62. The van der Waals surface area contributed by atoms with Gasteiger partial charge in [0.15, 0.2) is 0 Å². The highest BCUT2D eigenvalue weighted by atomic mass is 16.5. The van der Waals surface area contributed by atoms with E-state index in [1.807, 2.05) is 0 Å². The van der Waals surface area contributed by atoms with E-state index in [1.54, 1.807) is 6.08 Å². The summed E-state index contributed by atoms with van der Waals surface area (Å²) < 4.78 is 5.05. The summed E-state index contributed by atoms with van der Waals surface area (Å²) in [6.07, 6.45) is 8.87. The molecule has 1 heterocycles. The van der Waals surface area contributed by atoms with Crippen molar-refractivity contribution < 1.29 is 14.6 Å². The molecule has 5 atom stereocenters. The lowest BCUT2D eigenvalue weighted by Gasteiger charge is -2.60. The first-order valence-corrected chi connectivity index (χ1v) is 9.00. The number of cyclic esters (lactones) is 1. The quantitative estimate of drug-likeness (QED) is 0.631. The minimum absolute atomic E-state index is 0.101. The topological polar surface area (TPSA) is 46.5 Å². The number of allylic oxidation sites excluding steroid dienone is 1. The van der Waals surface area contributed by atoms with Gasteiger partial charge < -0.3 is 9.84 Å². The molecule has 0 aromatic rings. The zero-order valence-electron chi connectivity index (χ0n) is 14.9. The van der Waals surface area contributed by atoms with Gasteiger partial charge in [0, 0.05) is 11.5 Å². The molecule has 1 aliphatic heterocycles. The molecule has 1 fully saturated rings. The monoisotopic (exact) mass is 318 g/mol. The molecule has 0 radical (unpaired) electrons. The van der Waals surface area contributed by atoms with Crippen LogP contribution in [-0.2, 0) is 9.53 Å². The highest BCUT2D eigenvalue weighted by Gasteiger charge is 2.57. The van der Waals surface area contributed by atoms with Gasteiger partial charge >= 0.3 is 5.97 Å². The molecular formula is C20H30O3. The largest absolute Gasteiger partial charge is 0.458 e. The zero-order valence-corrected chi connectivity index (χ0v) is 14.9. The van der Waals surface area contributed by atoms with Crippen molar-refractivity contribution >= 4 is 5.97 Å². The van der Waals surface area contributed by atoms with Crippen molar-refractivity contribution in [1.82, 2.24) is 0 Å². The van der Waals surface area contributed by atoms with E-state index in [1.165, 1.54) is 5.57 Å². The first-order valence-electron chi connectivity index (χ1n) is 9.00. The molecule has 1 N–H and O–H groups in total. The molecule has 3 nitrogen and oxygen atoms in total. The van der Waals surface area contributed by atoms with Gasteiger partial charge in [-0.2, -0.15) is 0 Å². The van der Waals surface area contributed by atoms with E-state index in [2.05, 4.69) is 33.8 Å². The molecule has 3 rings (SSSR count). The molecule has 2 aliphatic carbocycles. The second kappa shape index (κ2) is 5.77. The Hall–Kier alpha value is -1.09. The second-order valence-electron chi connectivity index (χ2n) is 8.37. The third-order valence-electron chi connectivity index (χ3n) is 7.38. The van der Waals surface area contributed by atoms with E-state index in [9.17, 15) is 9.90 Å². The predicted octanol–water partition coefficient (Wildman–Crippen LogP) is 4.02. The van der Waals surface area contributed by atoms with Crippen LogP contribution in [0.4, 0.5) is 0 Å². The molecule has 0 aromatic carbocycles. The Kier molecular flexibility index (Phi) is 4.20. The number of fused-ring (bicyclic) bond motifs is 1. The van der Waals surface area contributed by atoms with E-state index in [0.29, 0.717) is 18.4 Å². The minimum Gasteiger partial charge on any atom is -0.458 e. The number of ether oxygens (including phenoxy) is 1. The normalized spacial score (nSPS) is 43.5. The standard InChI is InChI=1S/C20H30O3/c1-13-6-5-7-16-19(3,9-8-15-11-18(22)23-12-15)14(2)10-17(21)20(13,16)4/h6,11,14,16-17,21H,5,7-10,12H2,1-4H3/t14-,16-,17?,19+,20+/m0/s1. The first-order chi connectivity index (χ1) is 10.8. The minimum atomic E-state index is -0.247. The van der Waals surface area contributed by atoms with Crippen LogP contribution >= 0.6 is 0 Å². The Morgan fingerprint density at radius 2 is 2.13 bits per heavy atom. The van der Waals surface area contributed by atoms with Gasteiger partial charge in [-0.1, -0.05) is 32.4 Å². The summed E-state index contributed by atoms with van der Waals surface area (Å²) in [7, 11) is 0. The van der Waals surface area contributed by atoms with Gasteiger partial charge in [-0.25, -0.2) is 4.79 Å². The highest BCUT2D eigenvalue weighted by Crippen LogP contribution is 2.61. The average molecular weight is 318 g/mol.